The van der Waals surface area contributed by atoms with Crippen molar-refractivity contribution in [1.29, 1.82) is 0 Å². The van der Waals surface area contributed by atoms with E-state index in [9.17, 15) is 4.79 Å². The van der Waals surface area contributed by atoms with Gasteiger partial charge in [0, 0.05) is 18.4 Å². The van der Waals surface area contributed by atoms with Crippen molar-refractivity contribution in [2.45, 2.75) is 39.5 Å². The maximum Gasteiger partial charge on any atom is 0.271 e. The Bertz CT molecular complexity index is 863. The lowest BCUT2D eigenvalue weighted by molar-refractivity contribution is 0.0948. The van der Waals surface area contributed by atoms with Gasteiger partial charge in [0.25, 0.3) is 5.91 Å². The zero-order chi connectivity index (χ0) is 18.5. The van der Waals surface area contributed by atoms with Gasteiger partial charge >= 0.3 is 0 Å². The smallest absolute Gasteiger partial charge is 0.271 e. The first-order valence-corrected chi connectivity index (χ1v) is 8.98. The molecule has 0 aliphatic carbocycles. The summed E-state index contributed by atoms with van der Waals surface area (Å²) in [7, 11) is 0. The van der Waals surface area contributed by atoms with E-state index in [4.69, 9.17) is 0 Å². The number of hydrogen-bond donors (Lipinski definition) is 2. The minimum Gasteiger partial charge on any atom is -0.351 e. The summed E-state index contributed by atoms with van der Waals surface area (Å²) in [6.45, 7) is 6.75. The molecule has 0 aliphatic rings. The molecule has 0 saturated heterocycles. The van der Waals surface area contributed by atoms with E-state index in [0.29, 0.717) is 18.2 Å². The first-order chi connectivity index (χ1) is 12.5. The molecule has 0 saturated carbocycles. The predicted molar refractivity (Wildman–Crippen MR) is 102 cm³/mol. The number of nitrogens with one attached hydrogen (secondary N) is 2. The highest BCUT2D eigenvalue weighted by Gasteiger charge is 2.12. The highest BCUT2D eigenvalue weighted by molar-refractivity contribution is 5.92. The summed E-state index contributed by atoms with van der Waals surface area (Å²) in [6, 6.07) is 11.9. The van der Waals surface area contributed by atoms with E-state index in [-0.39, 0.29) is 5.91 Å². The van der Waals surface area contributed by atoms with Crippen molar-refractivity contribution in [2.75, 3.05) is 6.54 Å². The maximum absolute atomic E-state index is 12.1. The lowest BCUT2D eigenvalue weighted by Crippen LogP contribution is -2.25. The van der Waals surface area contributed by atoms with E-state index in [1.54, 1.807) is 0 Å². The van der Waals surface area contributed by atoms with Gasteiger partial charge in [-0.15, -0.1) is 0 Å². The minimum absolute atomic E-state index is 0.134. The normalized spacial score (nSPS) is 11.1. The molecule has 2 heterocycles. The summed E-state index contributed by atoms with van der Waals surface area (Å²) in [5.41, 5.74) is 4.69. The van der Waals surface area contributed by atoms with Gasteiger partial charge in [-0.1, -0.05) is 32.0 Å². The Morgan fingerprint density at radius 1 is 1.27 bits per heavy atom. The third-order valence-corrected chi connectivity index (χ3v) is 4.38. The monoisotopic (exact) mass is 351 g/mol. The van der Waals surface area contributed by atoms with Crippen molar-refractivity contribution in [1.82, 2.24) is 25.3 Å². The van der Waals surface area contributed by atoms with Crippen LogP contribution in [0.3, 0.4) is 0 Å². The van der Waals surface area contributed by atoms with Crippen LogP contribution in [-0.2, 0) is 6.42 Å². The van der Waals surface area contributed by atoms with Crippen LogP contribution in [0.4, 0.5) is 0 Å². The largest absolute Gasteiger partial charge is 0.351 e. The van der Waals surface area contributed by atoms with Crippen molar-refractivity contribution < 1.29 is 4.79 Å². The molecule has 1 aromatic carbocycles. The second kappa shape index (κ2) is 7.99. The number of carbonyl (C=O) groups is 1. The quantitative estimate of drug-likeness (QED) is 0.641. The Balaban J connectivity index is 1.50. The molecule has 0 aliphatic heterocycles. The summed E-state index contributed by atoms with van der Waals surface area (Å²) < 4.78 is 1.90. The minimum atomic E-state index is -0.134. The average Bonchev–Trinajstić information content (AvgIpc) is 3.27. The molecule has 0 spiro atoms. The molecule has 0 fully saturated rings. The molecule has 6 heteroatoms. The van der Waals surface area contributed by atoms with Crippen LogP contribution < -0.4 is 5.32 Å². The van der Waals surface area contributed by atoms with Gasteiger partial charge in [-0.2, -0.15) is 10.2 Å². The van der Waals surface area contributed by atoms with E-state index >= 15 is 0 Å². The standard InChI is InChI=1S/C20H25N5O/c1-14(2)18-12-19(23-22-18)20(26)21-11-7-8-16-13-25(24-15(16)3)17-9-5-4-6-10-17/h4-6,9-10,12-14H,7-8,11H2,1-3H3,(H,21,26)(H,22,23). The number of rotatable bonds is 7. The molecule has 0 radical (unpaired) electrons. The number of aromatic amines is 1. The Kier molecular flexibility index (Phi) is 5.51. The number of amides is 1. The van der Waals surface area contributed by atoms with E-state index < -0.39 is 0 Å². The van der Waals surface area contributed by atoms with Crippen LogP contribution >= 0.6 is 0 Å². The van der Waals surface area contributed by atoms with Gasteiger partial charge in [-0.25, -0.2) is 4.68 Å². The molecule has 0 bridgehead atoms. The number of aromatic nitrogens is 4. The summed E-state index contributed by atoms with van der Waals surface area (Å²) >= 11 is 0. The fourth-order valence-electron chi connectivity index (χ4n) is 2.77. The number of aryl methyl sites for hydroxylation is 2. The molecule has 1 amide bonds. The molecule has 0 unspecified atom stereocenters. The molecular weight excluding hydrogens is 326 g/mol. The van der Waals surface area contributed by atoms with E-state index in [0.717, 1.165) is 29.9 Å². The first kappa shape index (κ1) is 17.9. The molecule has 26 heavy (non-hydrogen) atoms. The van der Waals surface area contributed by atoms with Gasteiger partial charge in [-0.05, 0) is 49.4 Å². The van der Waals surface area contributed by atoms with Crippen LogP contribution in [0.1, 0.15) is 53.6 Å². The SMILES string of the molecule is Cc1nn(-c2ccccc2)cc1CCCNC(=O)c1cc(C(C)C)[nH]n1. The van der Waals surface area contributed by atoms with Gasteiger partial charge in [0.15, 0.2) is 0 Å². The zero-order valence-electron chi connectivity index (χ0n) is 15.5. The van der Waals surface area contributed by atoms with Crippen molar-refractivity contribution in [3.63, 3.8) is 0 Å². The second-order valence-electron chi connectivity index (χ2n) is 6.74. The van der Waals surface area contributed by atoms with Gasteiger partial charge in [0.2, 0.25) is 0 Å². The number of nitrogens with zero attached hydrogens (tertiary/aromatic N) is 3. The van der Waals surface area contributed by atoms with Gasteiger partial charge in [0.1, 0.15) is 5.69 Å². The third-order valence-electron chi connectivity index (χ3n) is 4.38. The lowest BCUT2D eigenvalue weighted by atomic mass is 10.1. The van der Waals surface area contributed by atoms with Gasteiger partial charge in [0.05, 0.1) is 11.4 Å². The van der Waals surface area contributed by atoms with Crippen LogP contribution in [0.25, 0.3) is 5.69 Å². The van der Waals surface area contributed by atoms with Crippen LogP contribution in [-0.4, -0.2) is 32.4 Å². The molecule has 136 valence electrons. The Morgan fingerprint density at radius 3 is 2.73 bits per heavy atom. The number of H-pyrrole nitrogens is 1. The van der Waals surface area contributed by atoms with Crippen LogP contribution in [0.2, 0.25) is 0 Å². The van der Waals surface area contributed by atoms with Crippen LogP contribution in [0, 0.1) is 6.92 Å². The Labute approximate surface area is 153 Å². The molecule has 3 rings (SSSR count). The summed E-state index contributed by atoms with van der Waals surface area (Å²) in [6.07, 6.45) is 3.79. The fraction of sp³-hybridized carbons (Fsp3) is 0.350. The molecular formula is C20H25N5O. The zero-order valence-corrected chi connectivity index (χ0v) is 15.5. The average molecular weight is 351 g/mol. The van der Waals surface area contributed by atoms with Crippen molar-refractivity contribution in [2.24, 2.45) is 0 Å². The lowest BCUT2D eigenvalue weighted by Gasteiger charge is -2.03. The summed E-state index contributed by atoms with van der Waals surface area (Å²) in [5.74, 6) is 0.193. The van der Waals surface area contributed by atoms with E-state index in [1.165, 1.54) is 5.56 Å². The predicted octanol–water partition coefficient (Wildman–Crippen LogP) is 3.39. The topological polar surface area (TPSA) is 75.6 Å². The molecule has 6 nitrogen and oxygen atoms in total. The van der Waals surface area contributed by atoms with Crippen molar-refractivity contribution in [3.05, 3.63) is 65.2 Å². The number of hydrogen-bond acceptors (Lipinski definition) is 3. The highest BCUT2D eigenvalue weighted by Crippen LogP contribution is 2.14. The Morgan fingerprint density at radius 2 is 2.04 bits per heavy atom. The van der Waals surface area contributed by atoms with Gasteiger partial charge < -0.3 is 5.32 Å². The summed E-state index contributed by atoms with van der Waals surface area (Å²) in [5, 5.41) is 14.5. The number of para-hydroxylation sites is 1. The summed E-state index contributed by atoms with van der Waals surface area (Å²) in [4.78, 5) is 12.1. The van der Waals surface area contributed by atoms with E-state index in [1.807, 2.05) is 48.0 Å². The van der Waals surface area contributed by atoms with Crippen molar-refractivity contribution in [3.8, 4) is 5.69 Å². The van der Waals surface area contributed by atoms with E-state index in [2.05, 4.69) is 40.7 Å². The number of benzene rings is 1. The van der Waals surface area contributed by atoms with Crippen LogP contribution in [0.15, 0.2) is 42.6 Å². The molecule has 2 aromatic heterocycles. The highest BCUT2D eigenvalue weighted by atomic mass is 16.1. The first-order valence-electron chi connectivity index (χ1n) is 8.98. The van der Waals surface area contributed by atoms with Crippen LogP contribution in [0.5, 0.6) is 0 Å². The van der Waals surface area contributed by atoms with Gasteiger partial charge in [-0.3, -0.25) is 9.89 Å². The third kappa shape index (κ3) is 4.20. The molecule has 0 atom stereocenters. The Hall–Kier alpha value is -2.89. The van der Waals surface area contributed by atoms with Crippen molar-refractivity contribution >= 4 is 5.91 Å². The number of carbonyl (C=O) groups excluding carboxylic acids is 1. The molecule has 2 N–H and O–H groups in total. The maximum atomic E-state index is 12.1. The fourth-order valence-corrected chi connectivity index (χ4v) is 2.77. The second-order valence-corrected chi connectivity index (χ2v) is 6.74. The molecule has 3 aromatic rings.